The third-order valence-corrected chi connectivity index (χ3v) is 3.89. The average molecular weight is 276 g/mol. The Morgan fingerprint density at radius 1 is 1.25 bits per heavy atom. The predicted octanol–water partition coefficient (Wildman–Crippen LogP) is 1.98. The standard InChI is InChI=1S/C14H18BFN2O2/c1-13(2)14(3,4)20-15(19-13)10-8-11(6-5-7-17)18-12(16)9-10/h8-9H,5-6H2,1-4H3. The Labute approximate surface area is 119 Å². The zero-order chi connectivity index (χ0) is 15.0. The summed E-state index contributed by atoms with van der Waals surface area (Å²) in [4.78, 5) is 3.79. The van der Waals surface area contributed by atoms with Crippen molar-refractivity contribution in [1.82, 2.24) is 4.98 Å². The van der Waals surface area contributed by atoms with Gasteiger partial charge in [0.25, 0.3) is 0 Å². The van der Waals surface area contributed by atoms with Gasteiger partial charge in [-0.1, -0.05) is 0 Å². The molecule has 4 nitrogen and oxygen atoms in total. The van der Waals surface area contributed by atoms with Crippen LogP contribution in [0.15, 0.2) is 12.1 Å². The molecule has 0 atom stereocenters. The third-order valence-electron chi connectivity index (χ3n) is 3.89. The molecule has 0 radical (unpaired) electrons. The van der Waals surface area contributed by atoms with E-state index in [0.717, 1.165) is 0 Å². The highest BCUT2D eigenvalue weighted by molar-refractivity contribution is 6.62. The summed E-state index contributed by atoms with van der Waals surface area (Å²) in [5.74, 6) is -0.579. The van der Waals surface area contributed by atoms with Gasteiger partial charge in [-0.05, 0) is 45.3 Å². The maximum Gasteiger partial charge on any atom is 0.495 e. The minimum absolute atomic E-state index is 0.305. The molecule has 1 aliphatic heterocycles. The van der Waals surface area contributed by atoms with Gasteiger partial charge < -0.3 is 9.31 Å². The maximum absolute atomic E-state index is 13.6. The van der Waals surface area contributed by atoms with Crippen LogP contribution in [0.25, 0.3) is 0 Å². The summed E-state index contributed by atoms with van der Waals surface area (Å²) in [6.07, 6.45) is 0.722. The predicted molar refractivity (Wildman–Crippen MR) is 73.8 cm³/mol. The second kappa shape index (κ2) is 5.15. The number of nitriles is 1. The summed E-state index contributed by atoms with van der Waals surface area (Å²) in [6, 6.07) is 5.08. The van der Waals surface area contributed by atoms with Gasteiger partial charge in [-0.2, -0.15) is 9.65 Å². The molecule has 2 rings (SSSR count). The fraction of sp³-hybridized carbons (Fsp3) is 0.571. The minimum atomic E-state index is -0.613. The van der Waals surface area contributed by atoms with E-state index in [0.29, 0.717) is 24.0 Å². The number of halogens is 1. The molecular formula is C14H18BFN2O2. The number of rotatable bonds is 3. The summed E-state index contributed by atoms with van der Waals surface area (Å²) in [6.45, 7) is 7.78. The molecule has 0 aliphatic carbocycles. The molecule has 6 heteroatoms. The Bertz CT molecular complexity index is 539. The van der Waals surface area contributed by atoms with Gasteiger partial charge in [0, 0.05) is 18.5 Å². The molecular weight excluding hydrogens is 258 g/mol. The molecule has 0 N–H and O–H groups in total. The summed E-state index contributed by atoms with van der Waals surface area (Å²) in [7, 11) is -0.613. The van der Waals surface area contributed by atoms with Crippen molar-refractivity contribution < 1.29 is 13.7 Å². The van der Waals surface area contributed by atoms with E-state index in [-0.39, 0.29) is 0 Å². The number of hydrogen-bond acceptors (Lipinski definition) is 4. The van der Waals surface area contributed by atoms with Gasteiger partial charge in [0.1, 0.15) is 0 Å². The lowest BCUT2D eigenvalue weighted by Gasteiger charge is -2.32. The van der Waals surface area contributed by atoms with Crippen molar-refractivity contribution in [3.63, 3.8) is 0 Å². The first-order valence-corrected chi connectivity index (χ1v) is 6.64. The van der Waals surface area contributed by atoms with E-state index < -0.39 is 24.3 Å². The largest absolute Gasteiger partial charge is 0.495 e. The summed E-state index contributed by atoms with van der Waals surface area (Å²) in [5, 5.41) is 8.59. The molecule has 20 heavy (non-hydrogen) atoms. The van der Waals surface area contributed by atoms with Gasteiger partial charge in [-0.15, -0.1) is 0 Å². The van der Waals surface area contributed by atoms with Crippen LogP contribution in [0.1, 0.15) is 39.8 Å². The van der Waals surface area contributed by atoms with Crippen LogP contribution >= 0.6 is 0 Å². The first-order valence-electron chi connectivity index (χ1n) is 6.64. The maximum atomic E-state index is 13.6. The zero-order valence-corrected chi connectivity index (χ0v) is 12.2. The lowest BCUT2D eigenvalue weighted by atomic mass is 9.79. The van der Waals surface area contributed by atoms with Crippen molar-refractivity contribution in [2.24, 2.45) is 0 Å². The van der Waals surface area contributed by atoms with Crippen LogP contribution in [0.2, 0.25) is 0 Å². The first kappa shape index (κ1) is 15.0. The fourth-order valence-electron chi connectivity index (χ4n) is 2.00. The molecule has 0 bridgehead atoms. The highest BCUT2D eigenvalue weighted by Crippen LogP contribution is 2.36. The summed E-state index contributed by atoms with van der Waals surface area (Å²) < 4.78 is 25.4. The second-order valence-corrected chi connectivity index (χ2v) is 5.96. The summed E-state index contributed by atoms with van der Waals surface area (Å²) >= 11 is 0. The molecule has 0 aromatic carbocycles. The normalized spacial score (nSPS) is 19.9. The SMILES string of the molecule is CC1(C)OB(c2cc(F)nc(CCC#N)c2)OC1(C)C. The molecule has 1 aromatic heterocycles. The van der Waals surface area contributed by atoms with Crippen LogP contribution in [0.5, 0.6) is 0 Å². The number of pyridine rings is 1. The molecule has 0 saturated carbocycles. The van der Waals surface area contributed by atoms with E-state index in [9.17, 15) is 4.39 Å². The smallest absolute Gasteiger partial charge is 0.399 e. The molecule has 0 unspecified atom stereocenters. The Balaban J connectivity index is 2.26. The van der Waals surface area contributed by atoms with Gasteiger partial charge in [-0.25, -0.2) is 4.98 Å². The molecule has 106 valence electrons. The second-order valence-electron chi connectivity index (χ2n) is 5.96. The lowest BCUT2D eigenvalue weighted by molar-refractivity contribution is 0.00578. The minimum Gasteiger partial charge on any atom is -0.399 e. The number of aromatic nitrogens is 1. The molecule has 1 aromatic rings. The van der Waals surface area contributed by atoms with Crippen LogP contribution in [0, 0.1) is 17.3 Å². The van der Waals surface area contributed by atoms with Crippen LogP contribution < -0.4 is 5.46 Å². The van der Waals surface area contributed by atoms with Crippen molar-refractivity contribution in [2.45, 2.75) is 51.7 Å². The van der Waals surface area contributed by atoms with Crippen molar-refractivity contribution in [3.8, 4) is 6.07 Å². The van der Waals surface area contributed by atoms with E-state index in [4.69, 9.17) is 14.6 Å². The van der Waals surface area contributed by atoms with Crippen LogP contribution in [0.3, 0.4) is 0 Å². The number of nitrogens with zero attached hydrogens (tertiary/aromatic N) is 2. The molecule has 0 amide bonds. The van der Waals surface area contributed by atoms with Crippen molar-refractivity contribution in [1.29, 1.82) is 5.26 Å². The highest BCUT2D eigenvalue weighted by atomic mass is 19.1. The first-order chi connectivity index (χ1) is 9.25. The zero-order valence-electron chi connectivity index (χ0n) is 12.2. The van der Waals surface area contributed by atoms with E-state index in [1.165, 1.54) is 6.07 Å². The number of aryl methyl sites for hydroxylation is 1. The van der Waals surface area contributed by atoms with E-state index >= 15 is 0 Å². The Kier molecular flexibility index (Phi) is 3.85. The Morgan fingerprint density at radius 3 is 2.40 bits per heavy atom. The van der Waals surface area contributed by atoms with Gasteiger partial charge >= 0.3 is 7.12 Å². The third kappa shape index (κ3) is 2.84. The van der Waals surface area contributed by atoms with Gasteiger partial charge in [-0.3, -0.25) is 0 Å². The highest BCUT2D eigenvalue weighted by Gasteiger charge is 2.51. The quantitative estimate of drug-likeness (QED) is 0.625. The van der Waals surface area contributed by atoms with Crippen LogP contribution in [-0.2, 0) is 15.7 Å². The number of hydrogen-bond donors (Lipinski definition) is 0. The van der Waals surface area contributed by atoms with Gasteiger partial charge in [0.05, 0.1) is 17.3 Å². The topological polar surface area (TPSA) is 55.1 Å². The molecule has 0 spiro atoms. The van der Waals surface area contributed by atoms with Gasteiger partial charge in [0.2, 0.25) is 5.95 Å². The van der Waals surface area contributed by atoms with E-state index in [2.05, 4.69) is 4.98 Å². The molecule has 1 fully saturated rings. The average Bonchev–Trinajstić information content (AvgIpc) is 2.55. The van der Waals surface area contributed by atoms with Crippen molar-refractivity contribution in [2.75, 3.05) is 0 Å². The van der Waals surface area contributed by atoms with Gasteiger partial charge in [0.15, 0.2) is 0 Å². The Morgan fingerprint density at radius 2 is 1.85 bits per heavy atom. The lowest BCUT2D eigenvalue weighted by Crippen LogP contribution is -2.41. The van der Waals surface area contributed by atoms with E-state index in [1.54, 1.807) is 6.07 Å². The molecule has 2 heterocycles. The van der Waals surface area contributed by atoms with Crippen LogP contribution in [0.4, 0.5) is 4.39 Å². The van der Waals surface area contributed by atoms with Crippen molar-refractivity contribution >= 4 is 12.6 Å². The molecule has 1 saturated heterocycles. The van der Waals surface area contributed by atoms with Crippen LogP contribution in [-0.4, -0.2) is 23.3 Å². The monoisotopic (exact) mass is 276 g/mol. The summed E-state index contributed by atoms with van der Waals surface area (Å²) in [5.41, 5.74) is 0.203. The Hall–Kier alpha value is -1.45. The molecule has 1 aliphatic rings. The van der Waals surface area contributed by atoms with Crippen molar-refractivity contribution in [3.05, 3.63) is 23.8 Å². The fourth-order valence-corrected chi connectivity index (χ4v) is 2.00. The van der Waals surface area contributed by atoms with E-state index in [1.807, 2.05) is 33.8 Å².